The van der Waals surface area contributed by atoms with E-state index < -0.39 is 26.4 Å². The van der Waals surface area contributed by atoms with Gasteiger partial charge in [-0.05, 0) is 24.2 Å². The summed E-state index contributed by atoms with van der Waals surface area (Å²) in [4.78, 5) is 4.36. The lowest BCUT2D eigenvalue weighted by molar-refractivity contribution is 0.0809. The highest BCUT2D eigenvalue weighted by atomic mass is 28.3. The molecule has 2 aromatic heterocycles. The Kier molecular flexibility index (Phi) is 7.21. The van der Waals surface area contributed by atoms with E-state index in [1.54, 1.807) is 10.7 Å². The lowest BCUT2D eigenvalue weighted by atomic mass is 10.2. The summed E-state index contributed by atoms with van der Waals surface area (Å²) in [7, 11) is -1.21. The van der Waals surface area contributed by atoms with Gasteiger partial charge in [0, 0.05) is 26.5 Å². The number of pyridine rings is 1. The quantitative estimate of drug-likeness (QED) is 0.274. The van der Waals surface area contributed by atoms with Crippen LogP contribution in [0.3, 0.4) is 0 Å². The molecule has 0 bridgehead atoms. The number of anilines is 1. The molecule has 0 atom stereocenters. The molecule has 3 aromatic rings. The van der Waals surface area contributed by atoms with E-state index in [4.69, 9.17) is 15.2 Å². The van der Waals surface area contributed by atoms with E-state index in [1.807, 2.05) is 0 Å². The Morgan fingerprint density at radius 1 is 1.19 bits per heavy atom. The average Bonchev–Trinajstić information content (AvgIpc) is 3.05. The molecule has 0 aliphatic carbocycles. The fraction of sp³-hybridized carbons (Fsp3) is 0.429. The minimum Gasteiger partial charge on any atom is -0.487 e. The van der Waals surface area contributed by atoms with E-state index in [1.165, 1.54) is 6.20 Å². The average molecular weight is 453 g/mol. The van der Waals surface area contributed by atoms with Crippen molar-refractivity contribution < 1.29 is 22.6 Å². The number of nitrogens with zero attached hydrogens (tertiary/aromatic N) is 3. The minimum atomic E-state index is -1.21. The number of fused-ring (bicyclic) bond motifs is 1. The molecule has 0 unspecified atom stereocenters. The van der Waals surface area contributed by atoms with Gasteiger partial charge < -0.3 is 15.2 Å². The second kappa shape index (κ2) is 9.69. The van der Waals surface area contributed by atoms with Crippen molar-refractivity contribution in [2.45, 2.75) is 45.4 Å². The molecule has 2 N–H and O–H groups in total. The Labute approximate surface area is 180 Å². The number of ether oxygens (including phenoxy) is 2. The number of alkyl halides is 1. The first-order chi connectivity index (χ1) is 14.7. The first kappa shape index (κ1) is 23.1. The topological polar surface area (TPSA) is 75.2 Å². The molecule has 2 heterocycles. The maximum Gasteiger partial charge on any atom is 0.160 e. The molecule has 0 aliphatic rings. The molecule has 3 rings (SSSR count). The third-order valence-electron chi connectivity index (χ3n) is 4.78. The third-order valence-corrected chi connectivity index (χ3v) is 6.48. The summed E-state index contributed by atoms with van der Waals surface area (Å²) >= 11 is 0. The summed E-state index contributed by atoms with van der Waals surface area (Å²) in [5.41, 5.74) is 6.12. The molecule has 0 saturated carbocycles. The first-order valence-corrected chi connectivity index (χ1v) is 13.7. The Morgan fingerprint density at radius 2 is 1.97 bits per heavy atom. The Balaban J connectivity index is 1.78. The largest absolute Gasteiger partial charge is 0.487 e. The van der Waals surface area contributed by atoms with Crippen LogP contribution in [0.4, 0.5) is 18.9 Å². The van der Waals surface area contributed by atoms with Crippen molar-refractivity contribution in [3.8, 4) is 5.75 Å². The van der Waals surface area contributed by atoms with E-state index in [0.717, 1.165) is 18.2 Å². The summed E-state index contributed by atoms with van der Waals surface area (Å²) in [6.45, 7) is 6.70. The Bertz CT molecular complexity index is 1050. The third kappa shape index (κ3) is 5.76. The van der Waals surface area contributed by atoms with Crippen LogP contribution in [-0.4, -0.2) is 36.1 Å². The van der Waals surface area contributed by atoms with Crippen LogP contribution in [0.5, 0.6) is 5.75 Å². The number of aryl methyl sites for hydroxylation is 1. The van der Waals surface area contributed by atoms with Crippen molar-refractivity contribution in [2.24, 2.45) is 0 Å². The van der Waals surface area contributed by atoms with E-state index in [2.05, 4.69) is 29.7 Å². The zero-order valence-corrected chi connectivity index (χ0v) is 18.9. The van der Waals surface area contributed by atoms with Crippen LogP contribution in [0.15, 0.2) is 24.4 Å². The maximum absolute atomic E-state index is 14.1. The molecule has 31 heavy (non-hydrogen) atoms. The van der Waals surface area contributed by atoms with Gasteiger partial charge in [0.1, 0.15) is 24.9 Å². The number of aromatic nitrogens is 3. The number of hydrogen-bond acceptors (Lipinski definition) is 5. The minimum absolute atomic E-state index is 0.113. The SMILES string of the molecule is C[Si](C)(C)CCOCn1nc(CCF)c2cc(OCc3c(F)ccc(N)c3F)cnc21. The van der Waals surface area contributed by atoms with Gasteiger partial charge in [-0.25, -0.2) is 18.4 Å². The molecular weight excluding hydrogens is 425 g/mol. The number of nitrogens with two attached hydrogens (primary N) is 1. The van der Waals surface area contributed by atoms with Gasteiger partial charge in [0.15, 0.2) is 11.5 Å². The van der Waals surface area contributed by atoms with Crippen LogP contribution in [0.1, 0.15) is 11.3 Å². The van der Waals surface area contributed by atoms with Crippen molar-refractivity contribution in [1.29, 1.82) is 0 Å². The van der Waals surface area contributed by atoms with E-state index in [9.17, 15) is 13.2 Å². The Hall–Kier alpha value is -2.59. The van der Waals surface area contributed by atoms with Crippen molar-refractivity contribution in [1.82, 2.24) is 14.8 Å². The normalized spacial score (nSPS) is 11.9. The zero-order chi connectivity index (χ0) is 22.6. The molecule has 1 aromatic carbocycles. The second-order valence-corrected chi connectivity index (χ2v) is 14.1. The zero-order valence-electron chi connectivity index (χ0n) is 17.9. The van der Waals surface area contributed by atoms with Crippen LogP contribution >= 0.6 is 0 Å². The number of benzene rings is 1. The monoisotopic (exact) mass is 452 g/mol. The van der Waals surface area contributed by atoms with Crippen molar-refractivity contribution in [2.75, 3.05) is 19.0 Å². The van der Waals surface area contributed by atoms with Crippen LogP contribution in [0.2, 0.25) is 25.7 Å². The van der Waals surface area contributed by atoms with E-state index >= 15 is 0 Å². The number of rotatable bonds is 10. The Morgan fingerprint density at radius 3 is 2.68 bits per heavy atom. The number of halogens is 3. The summed E-state index contributed by atoms with van der Waals surface area (Å²) in [6, 6.07) is 4.91. The van der Waals surface area contributed by atoms with Crippen molar-refractivity contribution in [3.05, 3.63) is 47.3 Å². The molecule has 0 saturated heterocycles. The van der Waals surface area contributed by atoms with Crippen LogP contribution in [-0.2, 0) is 24.5 Å². The van der Waals surface area contributed by atoms with Crippen LogP contribution in [0, 0.1) is 11.6 Å². The van der Waals surface area contributed by atoms with Gasteiger partial charge in [-0.15, -0.1) is 0 Å². The predicted molar refractivity (Wildman–Crippen MR) is 116 cm³/mol. The molecule has 6 nitrogen and oxygen atoms in total. The van der Waals surface area contributed by atoms with Gasteiger partial charge >= 0.3 is 0 Å². The smallest absolute Gasteiger partial charge is 0.160 e. The lowest BCUT2D eigenvalue weighted by Gasteiger charge is -2.15. The van der Waals surface area contributed by atoms with Crippen LogP contribution in [0.25, 0.3) is 11.0 Å². The van der Waals surface area contributed by atoms with Gasteiger partial charge in [-0.3, -0.25) is 4.39 Å². The molecule has 0 aliphatic heterocycles. The molecule has 0 spiro atoms. The first-order valence-electron chi connectivity index (χ1n) is 10.0. The van der Waals surface area contributed by atoms with Gasteiger partial charge in [0.05, 0.1) is 29.8 Å². The van der Waals surface area contributed by atoms with Gasteiger partial charge in [0.25, 0.3) is 0 Å². The van der Waals surface area contributed by atoms with Crippen molar-refractivity contribution in [3.63, 3.8) is 0 Å². The molecular formula is C21H27F3N4O2Si. The van der Waals surface area contributed by atoms with E-state index in [0.29, 0.717) is 23.3 Å². The summed E-state index contributed by atoms with van der Waals surface area (Å²) in [6.07, 6.45) is 1.55. The van der Waals surface area contributed by atoms with Gasteiger partial charge in [0.2, 0.25) is 0 Å². The number of hydrogen-bond donors (Lipinski definition) is 1. The summed E-state index contributed by atoms with van der Waals surface area (Å²) < 4.78 is 53.9. The standard InChI is InChI=1S/C21H27F3N4O2Si/c1-31(2,3)9-8-29-13-28-21-15(19(27-28)6-7-22)10-14(11-26-21)30-12-16-17(23)4-5-18(25)20(16)24/h4-5,10-11H,6-9,12-13,25H2,1-3H3. The fourth-order valence-corrected chi connectivity index (χ4v) is 3.74. The molecule has 10 heteroatoms. The van der Waals surface area contributed by atoms with E-state index in [-0.39, 0.29) is 36.8 Å². The van der Waals surface area contributed by atoms with Crippen molar-refractivity contribution >= 4 is 24.8 Å². The fourth-order valence-electron chi connectivity index (χ4n) is 2.98. The molecule has 0 amide bonds. The van der Waals surface area contributed by atoms with Crippen LogP contribution < -0.4 is 10.5 Å². The summed E-state index contributed by atoms with van der Waals surface area (Å²) in [5, 5.41) is 5.03. The highest BCUT2D eigenvalue weighted by Gasteiger charge is 2.17. The maximum atomic E-state index is 14.1. The molecule has 0 radical (unpaired) electrons. The van der Waals surface area contributed by atoms with Gasteiger partial charge in [-0.2, -0.15) is 5.10 Å². The molecule has 0 fully saturated rings. The highest BCUT2D eigenvalue weighted by molar-refractivity contribution is 6.76. The number of nitrogen functional groups attached to an aromatic ring is 1. The lowest BCUT2D eigenvalue weighted by Crippen LogP contribution is -2.22. The van der Waals surface area contributed by atoms with Gasteiger partial charge in [-0.1, -0.05) is 19.6 Å². The summed E-state index contributed by atoms with van der Waals surface area (Å²) in [5.74, 6) is -1.31. The molecule has 168 valence electrons. The predicted octanol–water partition coefficient (Wildman–Crippen LogP) is 4.70. The highest BCUT2D eigenvalue weighted by Crippen LogP contribution is 2.25. The second-order valence-electron chi connectivity index (χ2n) is 8.49.